The predicted octanol–water partition coefficient (Wildman–Crippen LogP) is -0.164. The molecule has 0 saturated carbocycles. The second-order valence-corrected chi connectivity index (χ2v) is 6.01. The van der Waals surface area contributed by atoms with Gasteiger partial charge in [0.2, 0.25) is 0 Å². The van der Waals surface area contributed by atoms with Crippen LogP contribution >= 0.6 is 0 Å². The van der Waals surface area contributed by atoms with Crippen molar-refractivity contribution in [3.63, 3.8) is 0 Å². The van der Waals surface area contributed by atoms with Gasteiger partial charge < -0.3 is 29.6 Å². The number of aliphatic hydroxyl groups is 3. The normalized spacial score (nSPS) is 36.3. The van der Waals surface area contributed by atoms with Crippen molar-refractivity contribution >= 4 is 5.78 Å². The monoisotopic (exact) mass is 276 g/mol. The molecule has 6 heteroatoms. The second kappa shape index (κ2) is 6.28. The van der Waals surface area contributed by atoms with E-state index in [1.165, 1.54) is 6.92 Å². The molecule has 0 bridgehead atoms. The summed E-state index contributed by atoms with van der Waals surface area (Å²) in [4.78, 5) is 11.3. The average molecular weight is 276 g/mol. The standard InChI is InChI=1S/C13H24O6/c1-7(15)5-8-10(16)11(17)9(6-14)18-12(8)19-13(2,3)4/h8-12,14,16-17H,5-6H2,1-4H3/t8?,9?,10-,11+,12-/m1/s1. The number of ether oxygens (including phenoxy) is 2. The van der Waals surface area contributed by atoms with Crippen LogP contribution in [0.15, 0.2) is 0 Å². The molecule has 19 heavy (non-hydrogen) atoms. The van der Waals surface area contributed by atoms with Gasteiger partial charge in [-0.15, -0.1) is 0 Å². The first-order valence-electron chi connectivity index (χ1n) is 6.45. The van der Waals surface area contributed by atoms with Gasteiger partial charge in [-0.1, -0.05) is 0 Å². The number of carbonyl (C=O) groups is 1. The van der Waals surface area contributed by atoms with Crippen LogP contribution in [0.5, 0.6) is 0 Å². The van der Waals surface area contributed by atoms with Gasteiger partial charge in [0.1, 0.15) is 18.0 Å². The Morgan fingerprint density at radius 3 is 2.26 bits per heavy atom. The molecular formula is C13H24O6. The van der Waals surface area contributed by atoms with Crippen LogP contribution in [0.2, 0.25) is 0 Å². The highest BCUT2D eigenvalue weighted by atomic mass is 16.7. The molecule has 0 aromatic carbocycles. The average Bonchev–Trinajstić information content (AvgIpc) is 2.26. The smallest absolute Gasteiger partial charge is 0.164 e. The highest BCUT2D eigenvalue weighted by Crippen LogP contribution is 2.32. The molecule has 1 fully saturated rings. The molecule has 1 heterocycles. The van der Waals surface area contributed by atoms with Crippen LogP contribution in [-0.2, 0) is 14.3 Å². The Balaban J connectivity index is 2.89. The van der Waals surface area contributed by atoms with Crippen LogP contribution < -0.4 is 0 Å². The fourth-order valence-corrected chi connectivity index (χ4v) is 2.15. The van der Waals surface area contributed by atoms with Gasteiger partial charge in [0.05, 0.1) is 18.3 Å². The quantitative estimate of drug-likeness (QED) is 0.660. The summed E-state index contributed by atoms with van der Waals surface area (Å²) in [5, 5.41) is 29.1. The topological polar surface area (TPSA) is 96.2 Å². The van der Waals surface area contributed by atoms with Crippen LogP contribution in [0.1, 0.15) is 34.1 Å². The Morgan fingerprint density at radius 1 is 1.26 bits per heavy atom. The third-order valence-corrected chi connectivity index (χ3v) is 3.00. The number of Topliss-reactive ketones (excluding diaryl/α,β-unsaturated/α-hetero) is 1. The van der Waals surface area contributed by atoms with Gasteiger partial charge in [0, 0.05) is 12.3 Å². The molecule has 0 radical (unpaired) electrons. The maximum atomic E-state index is 11.3. The van der Waals surface area contributed by atoms with Crippen molar-refractivity contribution in [3.8, 4) is 0 Å². The van der Waals surface area contributed by atoms with E-state index in [-0.39, 0.29) is 12.2 Å². The lowest BCUT2D eigenvalue weighted by Crippen LogP contribution is -2.57. The maximum absolute atomic E-state index is 11.3. The largest absolute Gasteiger partial charge is 0.394 e. The lowest BCUT2D eigenvalue weighted by molar-refractivity contribution is -0.307. The molecule has 1 rings (SSSR count). The summed E-state index contributed by atoms with van der Waals surface area (Å²) >= 11 is 0. The van der Waals surface area contributed by atoms with Crippen LogP contribution in [-0.4, -0.2) is 57.9 Å². The Hall–Kier alpha value is -0.530. The van der Waals surface area contributed by atoms with E-state index in [2.05, 4.69) is 0 Å². The number of ketones is 1. The summed E-state index contributed by atoms with van der Waals surface area (Å²) in [6, 6.07) is 0. The third kappa shape index (κ3) is 4.50. The molecule has 1 aliphatic rings. The van der Waals surface area contributed by atoms with Crippen molar-refractivity contribution < 1.29 is 29.6 Å². The molecule has 0 aromatic heterocycles. The molecule has 0 amide bonds. The summed E-state index contributed by atoms with van der Waals surface area (Å²) in [7, 11) is 0. The van der Waals surface area contributed by atoms with Crippen LogP contribution in [0.4, 0.5) is 0 Å². The zero-order chi connectivity index (χ0) is 14.8. The van der Waals surface area contributed by atoms with E-state index < -0.39 is 42.7 Å². The van der Waals surface area contributed by atoms with E-state index in [1.807, 2.05) is 20.8 Å². The van der Waals surface area contributed by atoms with E-state index in [0.717, 1.165) is 0 Å². The molecule has 6 nitrogen and oxygen atoms in total. The SMILES string of the molecule is CC(=O)CC1[C@@H](OC(C)(C)C)OC(CO)[C@H](O)[C@@H]1O. The number of aliphatic hydroxyl groups excluding tert-OH is 3. The summed E-state index contributed by atoms with van der Waals surface area (Å²) in [5.41, 5.74) is -0.526. The van der Waals surface area contributed by atoms with Gasteiger partial charge in [-0.25, -0.2) is 0 Å². The van der Waals surface area contributed by atoms with Crippen LogP contribution in [0.3, 0.4) is 0 Å². The van der Waals surface area contributed by atoms with Crippen LogP contribution in [0, 0.1) is 5.92 Å². The van der Waals surface area contributed by atoms with Crippen LogP contribution in [0.25, 0.3) is 0 Å². The number of hydrogen-bond donors (Lipinski definition) is 3. The lowest BCUT2D eigenvalue weighted by Gasteiger charge is -2.44. The highest BCUT2D eigenvalue weighted by molar-refractivity contribution is 5.75. The van der Waals surface area contributed by atoms with E-state index in [1.54, 1.807) is 0 Å². The van der Waals surface area contributed by atoms with Gasteiger partial charge in [-0.3, -0.25) is 0 Å². The molecule has 0 spiro atoms. The molecule has 5 atom stereocenters. The van der Waals surface area contributed by atoms with E-state index in [9.17, 15) is 15.0 Å². The minimum absolute atomic E-state index is 0.0527. The van der Waals surface area contributed by atoms with Gasteiger partial charge in [0.25, 0.3) is 0 Å². The molecule has 2 unspecified atom stereocenters. The van der Waals surface area contributed by atoms with Gasteiger partial charge in [-0.05, 0) is 27.7 Å². The number of rotatable bonds is 4. The van der Waals surface area contributed by atoms with Crippen molar-refractivity contribution in [1.29, 1.82) is 0 Å². The van der Waals surface area contributed by atoms with Crippen molar-refractivity contribution in [3.05, 3.63) is 0 Å². The van der Waals surface area contributed by atoms with E-state index in [0.29, 0.717) is 0 Å². The van der Waals surface area contributed by atoms with Crippen molar-refractivity contribution in [2.24, 2.45) is 5.92 Å². The Kier molecular flexibility index (Phi) is 5.46. The molecular weight excluding hydrogens is 252 g/mol. The molecule has 112 valence electrons. The summed E-state index contributed by atoms with van der Waals surface area (Å²) in [6.07, 6.45) is -4.08. The number of hydrogen-bond acceptors (Lipinski definition) is 6. The first-order valence-corrected chi connectivity index (χ1v) is 6.45. The predicted molar refractivity (Wildman–Crippen MR) is 67.4 cm³/mol. The zero-order valence-corrected chi connectivity index (χ0v) is 11.9. The van der Waals surface area contributed by atoms with E-state index in [4.69, 9.17) is 14.6 Å². The fourth-order valence-electron chi connectivity index (χ4n) is 2.15. The summed E-state index contributed by atoms with van der Waals surface area (Å²) in [6.45, 7) is 6.46. The molecule has 0 aromatic rings. The zero-order valence-electron chi connectivity index (χ0n) is 11.9. The van der Waals surface area contributed by atoms with Crippen molar-refractivity contribution in [2.45, 2.75) is 64.3 Å². The third-order valence-electron chi connectivity index (χ3n) is 3.00. The maximum Gasteiger partial charge on any atom is 0.164 e. The Bertz CT molecular complexity index is 311. The molecule has 1 saturated heterocycles. The van der Waals surface area contributed by atoms with Gasteiger partial charge in [-0.2, -0.15) is 0 Å². The van der Waals surface area contributed by atoms with Gasteiger partial charge >= 0.3 is 0 Å². The van der Waals surface area contributed by atoms with Gasteiger partial charge in [0.15, 0.2) is 6.29 Å². The first-order chi connectivity index (χ1) is 8.65. The van der Waals surface area contributed by atoms with E-state index >= 15 is 0 Å². The molecule has 3 N–H and O–H groups in total. The Labute approximate surface area is 113 Å². The summed E-state index contributed by atoms with van der Waals surface area (Å²) < 4.78 is 11.2. The number of carbonyl (C=O) groups excluding carboxylic acids is 1. The van der Waals surface area contributed by atoms with Crippen molar-refractivity contribution in [1.82, 2.24) is 0 Å². The van der Waals surface area contributed by atoms with Crippen molar-refractivity contribution in [2.75, 3.05) is 6.61 Å². The summed E-state index contributed by atoms with van der Waals surface area (Å²) in [5.74, 6) is -0.765. The molecule has 0 aliphatic carbocycles. The fraction of sp³-hybridized carbons (Fsp3) is 0.923. The first kappa shape index (κ1) is 16.5. The second-order valence-electron chi connectivity index (χ2n) is 6.01. The highest BCUT2D eigenvalue weighted by Gasteiger charge is 2.46. The minimum Gasteiger partial charge on any atom is -0.394 e. The molecule has 1 aliphatic heterocycles. The minimum atomic E-state index is -1.23. The lowest BCUT2D eigenvalue weighted by atomic mass is 9.87. The Morgan fingerprint density at radius 2 is 1.84 bits per heavy atom.